The van der Waals surface area contributed by atoms with E-state index >= 15 is 0 Å². The van der Waals surface area contributed by atoms with Gasteiger partial charge in [-0.1, -0.05) is 55.5 Å². The lowest BCUT2D eigenvalue weighted by atomic mass is 9.96. The molecule has 1 atom stereocenters. The number of benzene rings is 2. The second kappa shape index (κ2) is 9.54. The summed E-state index contributed by atoms with van der Waals surface area (Å²) in [6.45, 7) is 6.15. The topological polar surface area (TPSA) is 23.6 Å². The smallest absolute Gasteiger partial charge is 0.226 e. The minimum atomic E-state index is 0.220. The molecule has 0 radical (unpaired) electrons. The molecule has 2 aromatic carbocycles. The van der Waals surface area contributed by atoms with Crippen LogP contribution in [0.4, 0.5) is 5.69 Å². The SMILES string of the molecule is CCC(=O)N(CC1CCCN(CCc2ccccc2)C1)c1ccccc1. The summed E-state index contributed by atoms with van der Waals surface area (Å²) in [4.78, 5) is 17.1. The van der Waals surface area contributed by atoms with Gasteiger partial charge in [-0.3, -0.25) is 4.79 Å². The van der Waals surface area contributed by atoms with Crippen molar-refractivity contribution in [2.75, 3.05) is 31.1 Å². The number of carbonyl (C=O) groups is 1. The molecular weight excluding hydrogens is 320 g/mol. The van der Waals surface area contributed by atoms with Crippen molar-refractivity contribution in [3.63, 3.8) is 0 Å². The fourth-order valence-electron chi connectivity index (χ4n) is 3.84. The van der Waals surface area contributed by atoms with Crippen LogP contribution in [0.2, 0.25) is 0 Å². The first-order valence-electron chi connectivity index (χ1n) is 9.88. The molecule has 3 heteroatoms. The van der Waals surface area contributed by atoms with E-state index in [0.29, 0.717) is 12.3 Å². The highest BCUT2D eigenvalue weighted by molar-refractivity contribution is 5.93. The Balaban J connectivity index is 1.58. The molecule has 1 aliphatic rings. The number of piperidine rings is 1. The second-order valence-corrected chi connectivity index (χ2v) is 7.24. The predicted molar refractivity (Wildman–Crippen MR) is 108 cm³/mol. The first kappa shape index (κ1) is 18.7. The van der Waals surface area contributed by atoms with Gasteiger partial charge < -0.3 is 9.80 Å². The van der Waals surface area contributed by atoms with Gasteiger partial charge in [0.05, 0.1) is 0 Å². The lowest BCUT2D eigenvalue weighted by molar-refractivity contribution is -0.118. The van der Waals surface area contributed by atoms with E-state index in [1.807, 2.05) is 42.2 Å². The predicted octanol–water partition coefficient (Wildman–Crippen LogP) is 4.38. The first-order chi connectivity index (χ1) is 12.8. The minimum absolute atomic E-state index is 0.220. The molecule has 0 spiro atoms. The van der Waals surface area contributed by atoms with Crippen LogP contribution in [0.1, 0.15) is 31.7 Å². The molecule has 1 amide bonds. The standard InChI is InChI=1S/C23H30N2O/c1-2-23(26)25(22-13-7-4-8-14-22)19-21-12-9-16-24(18-21)17-15-20-10-5-3-6-11-20/h3-8,10-11,13-14,21H,2,9,12,15-19H2,1H3. The van der Waals surface area contributed by atoms with Gasteiger partial charge in [0.2, 0.25) is 5.91 Å². The van der Waals surface area contributed by atoms with E-state index in [4.69, 9.17) is 0 Å². The van der Waals surface area contributed by atoms with E-state index in [1.165, 1.54) is 24.9 Å². The molecule has 0 bridgehead atoms. The quantitative estimate of drug-likeness (QED) is 0.740. The van der Waals surface area contributed by atoms with Crippen molar-refractivity contribution in [1.29, 1.82) is 0 Å². The van der Waals surface area contributed by atoms with Crippen LogP contribution in [-0.4, -0.2) is 37.0 Å². The summed E-state index contributed by atoms with van der Waals surface area (Å²) in [6, 6.07) is 20.8. The van der Waals surface area contributed by atoms with Crippen LogP contribution in [0.15, 0.2) is 60.7 Å². The van der Waals surface area contributed by atoms with Crippen molar-refractivity contribution in [2.24, 2.45) is 5.92 Å². The first-order valence-corrected chi connectivity index (χ1v) is 9.88. The highest BCUT2D eigenvalue weighted by Gasteiger charge is 2.24. The van der Waals surface area contributed by atoms with Crippen molar-refractivity contribution in [3.05, 3.63) is 66.2 Å². The Morgan fingerprint density at radius 3 is 2.46 bits per heavy atom. The molecule has 0 N–H and O–H groups in total. The normalized spacial score (nSPS) is 17.8. The van der Waals surface area contributed by atoms with Gasteiger partial charge in [-0.25, -0.2) is 0 Å². The molecule has 2 aromatic rings. The molecule has 1 aliphatic heterocycles. The number of nitrogens with zero attached hydrogens (tertiary/aromatic N) is 2. The Kier molecular flexibility index (Phi) is 6.84. The Bertz CT molecular complexity index is 671. The van der Waals surface area contributed by atoms with Crippen molar-refractivity contribution in [1.82, 2.24) is 4.90 Å². The van der Waals surface area contributed by atoms with Gasteiger partial charge in [0, 0.05) is 31.7 Å². The molecule has 138 valence electrons. The van der Waals surface area contributed by atoms with Crippen LogP contribution < -0.4 is 4.90 Å². The molecule has 3 rings (SSSR count). The Morgan fingerprint density at radius 2 is 1.77 bits per heavy atom. The largest absolute Gasteiger partial charge is 0.312 e. The zero-order valence-corrected chi connectivity index (χ0v) is 15.8. The molecular formula is C23H30N2O. The van der Waals surface area contributed by atoms with Crippen LogP contribution in [0.5, 0.6) is 0 Å². The van der Waals surface area contributed by atoms with Gasteiger partial charge in [0.25, 0.3) is 0 Å². The number of hydrogen-bond acceptors (Lipinski definition) is 2. The number of likely N-dealkylation sites (tertiary alicyclic amines) is 1. The van der Waals surface area contributed by atoms with Gasteiger partial charge in [-0.15, -0.1) is 0 Å². The fourth-order valence-corrected chi connectivity index (χ4v) is 3.84. The number of carbonyl (C=O) groups excluding carboxylic acids is 1. The zero-order chi connectivity index (χ0) is 18.2. The summed E-state index contributed by atoms with van der Waals surface area (Å²) in [5, 5.41) is 0. The van der Waals surface area contributed by atoms with Crippen molar-refractivity contribution >= 4 is 11.6 Å². The van der Waals surface area contributed by atoms with Crippen LogP contribution >= 0.6 is 0 Å². The highest BCUT2D eigenvalue weighted by atomic mass is 16.2. The third-order valence-corrected chi connectivity index (χ3v) is 5.27. The zero-order valence-electron chi connectivity index (χ0n) is 15.8. The van der Waals surface area contributed by atoms with E-state index in [1.54, 1.807) is 0 Å². The molecule has 0 saturated carbocycles. The summed E-state index contributed by atoms with van der Waals surface area (Å²) in [5.74, 6) is 0.771. The van der Waals surface area contributed by atoms with Gasteiger partial charge in [0.15, 0.2) is 0 Å². The van der Waals surface area contributed by atoms with Gasteiger partial charge in [-0.05, 0) is 49.4 Å². The monoisotopic (exact) mass is 350 g/mol. The van der Waals surface area contributed by atoms with E-state index in [-0.39, 0.29) is 5.91 Å². The number of amides is 1. The minimum Gasteiger partial charge on any atom is -0.312 e. The van der Waals surface area contributed by atoms with Crippen LogP contribution in [0.3, 0.4) is 0 Å². The summed E-state index contributed by atoms with van der Waals surface area (Å²) in [7, 11) is 0. The molecule has 1 fully saturated rings. The summed E-state index contributed by atoms with van der Waals surface area (Å²) in [6.07, 6.45) is 4.09. The molecule has 1 unspecified atom stereocenters. The van der Waals surface area contributed by atoms with Crippen molar-refractivity contribution in [3.8, 4) is 0 Å². The molecule has 3 nitrogen and oxygen atoms in total. The Morgan fingerprint density at radius 1 is 1.08 bits per heavy atom. The van der Waals surface area contributed by atoms with E-state index in [0.717, 1.165) is 31.7 Å². The average Bonchev–Trinajstić information content (AvgIpc) is 2.72. The number of anilines is 1. The van der Waals surface area contributed by atoms with Gasteiger partial charge in [0.1, 0.15) is 0 Å². The molecule has 0 aromatic heterocycles. The van der Waals surface area contributed by atoms with Crippen LogP contribution in [0.25, 0.3) is 0 Å². The van der Waals surface area contributed by atoms with Crippen molar-refractivity contribution in [2.45, 2.75) is 32.6 Å². The van der Waals surface area contributed by atoms with Crippen LogP contribution in [-0.2, 0) is 11.2 Å². The maximum atomic E-state index is 12.5. The van der Waals surface area contributed by atoms with E-state index < -0.39 is 0 Å². The van der Waals surface area contributed by atoms with E-state index in [2.05, 4.69) is 35.2 Å². The lowest BCUT2D eigenvalue weighted by Crippen LogP contribution is -2.43. The third-order valence-electron chi connectivity index (χ3n) is 5.27. The molecule has 1 heterocycles. The summed E-state index contributed by atoms with van der Waals surface area (Å²) >= 11 is 0. The molecule has 0 aliphatic carbocycles. The Labute approximate surface area is 157 Å². The maximum Gasteiger partial charge on any atom is 0.226 e. The second-order valence-electron chi connectivity index (χ2n) is 7.24. The number of para-hydroxylation sites is 1. The van der Waals surface area contributed by atoms with E-state index in [9.17, 15) is 4.79 Å². The van der Waals surface area contributed by atoms with Gasteiger partial charge in [-0.2, -0.15) is 0 Å². The molecule has 1 saturated heterocycles. The third kappa shape index (κ3) is 5.18. The maximum absolute atomic E-state index is 12.5. The van der Waals surface area contributed by atoms with Gasteiger partial charge >= 0.3 is 0 Å². The summed E-state index contributed by atoms with van der Waals surface area (Å²) < 4.78 is 0. The number of hydrogen-bond donors (Lipinski definition) is 0. The van der Waals surface area contributed by atoms with Crippen LogP contribution in [0, 0.1) is 5.92 Å². The highest BCUT2D eigenvalue weighted by Crippen LogP contribution is 2.22. The summed E-state index contributed by atoms with van der Waals surface area (Å²) in [5.41, 5.74) is 2.43. The number of rotatable bonds is 7. The average molecular weight is 351 g/mol. The van der Waals surface area contributed by atoms with Crippen molar-refractivity contribution < 1.29 is 4.79 Å². The Hall–Kier alpha value is -2.13. The molecule has 26 heavy (non-hydrogen) atoms. The fraction of sp³-hybridized carbons (Fsp3) is 0.435. The lowest BCUT2D eigenvalue weighted by Gasteiger charge is -2.35.